The second-order valence-electron chi connectivity index (χ2n) is 5.25. The second-order valence-corrected chi connectivity index (χ2v) is 5.25. The Morgan fingerprint density at radius 1 is 1.15 bits per heavy atom. The summed E-state index contributed by atoms with van der Waals surface area (Å²) in [5.41, 5.74) is 3.64. The van der Waals surface area contributed by atoms with Crippen molar-refractivity contribution < 1.29 is 14.9 Å². The van der Waals surface area contributed by atoms with Gasteiger partial charge in [0.25, 0.3) is 0 Å². The van der Waals surface area contributed by atoms with Crippen molar-refractivity contribution in [3.05, 3.63) is 30.0 Å². The van der Waals surface area contributed by atoms with Crippen LogP contribution in [0.2, 0.25) is 0 Å². The maximum absolute atomic E-state index is 10.8. The van der Waals surface area contributed by atoms with Gasteiger partial charge in [0.05, 0.1) is 23.5 Å². The highest BCUT2D eigenvalue weighted by Gasteiger charge is 2.14. The minimum Gasteiger partial charge on any atom is -0.550 e. The number of nitrogens with one attached hydrogen (secondary N) is 1. The molecular formula is C15H19N3O2. The molecule has 1 heterocycles. The summed E-state index contributed by atoms with van der Waals surface area (Å²) in [6, 6.07) is 7.92. The van der Waals surface area contributed by atoms with Crippen LogP contribution in [-0.2, 0) is 11.2 Å². The van der Waals surface area contributed by atoms with Crippen LogP contribution in [-0.4, -0.2) is 34.2 Å². The van der Waals surface area contributed by atoms with Crippen molar-refractivity contribution in [3.63, 3.8) is 0 Å². The van der Waals surface area contributed by atoms with Crippen molar-refractivity contribution in [2.24, 2.45) is 0 Å². The number of hydrogen-bond donors (Lipinski definition) is 0. The SMILES string of the molecule is CN(C)c1ccc2[nH+]c(CC(=O)[O-])cc(N(C)C)c2c1. The molecule has 106 valence electrons. The quantitative estimate of drug-likeness (QED) is 0.791. The summed E-state index contributed by atoms with van der Waals surface area (Å²) in [4.78, 5) is 17.9. The Balaban J connectivity index is 2.65. The number of carboxylic acids is 1. The number of aromatic amines is 1. The zero-order chi connectivity index (χ0) is 14.9. The predicted molar refractivity (Wildman–Crippen MR) is 77.9 cm³/mol. The summed E-state index contributed by atoms with van der Waals surface area (Å²) in [5, 5.41) is 11.8. The Hall–Kier alpha value is -2.30. The van der Waals surface area contributed by atoms with Crippen molar-refractivity contribution in [3.8, 4) is 0 Å². The largest absolute Gasteiger partial charge is 0.550 e. The molecule has 0 aliphatic carbocycles. The van der Waals surface area contributed by atoms with Gasteiger partial charge in [-0.3, -0.25) is 0 Å². The Labute approximate surface area is 118 Å². The number of H-pyrrole nitrogens is 1. The molecule has 0 saturated heterocycles. The van der Waals surface area contributed by atoms with Gasteiger partial charge in [-0.05, 0) is 12.1 Å². The van der Waals surface area contributed by atoms with E-state index < -0.39 is 5.97 Å². The first-order chi connectivity index (χ1) is 9.38. The third kappa shape index (κ3) is 2.82. The van der Waals surface area contributed by atoms with Crippen molar-refractivity contribution >= 4 is 28.2 Å². The van der Waals surface area contributed by atoms with Crippen molar-refractivity contribution in [2.45, 2.75) is 6.42 Å². The van der Waals surface area contributed by atoms with E-state index in [1.165, 1.54) is 0 Å². The molecule has 5 heteroatoms. The standard InChI is InChI=1S/C15H19N3O2/c1-17(2)11-5-6-13-12(9-11)14(18(3)4)7-10(16-13)8-15(19)20/h5-7,9H,8H2,1-4H3,(H,19,20). The second kappa shape index (κ2) is 5.36. The summed E-state index contributed by atoms with van der Waals surface area (Å²) in [6.45, 7) is 0. The first-order valence-corrected chi connectivity index (χ1v) is 6.42. The number of aliphatic carboxylic acids is 1. The highest BCUT2D eigenvalue weighted by molar-refractivity contribution is 5.92. The molecule has 0 unspecified atom stereocenters. The molecule has 1 aromatic carbocycles. The monoisotopic (exact) mass is 273 g/mol. The van der Waals surface area contributed by atoms with Gasteiger partial charge in [-0.25, -0.2) is 4.98 Å². The minimum absolute atomic E-state index is 0.119. The first-order valence-electron chi connectivity index (χ1n) is 6.42. The van der Waals surface area contributed by atoms with Crippen molar-refractivity contribution in [1.29, 1.82) is 0 Å². The molecule has 5 nitrogen and oxygen atoms in total. The van der Waals surface area contributed by atoms with Gasteiger partial charge in [0, 0.05) is 46.0 Å². The van der Waals surface area contributed by atoms with Crippen LogP contribution in [0.1, 0.15) is 5.69 Å². The van der Waals surface area contributed by atoms with E-state index in [1.807, 2.05) is 56.2 Å². The molecule has 2 rings (SSSR count). The average molecular weight is 273 g/mol. The fraction of sp³-hybridized carbons (Fsp3) is 0.333. The van der Waals surface area contributed by atoms with Crippen LogP contribution in [0.5, 0.6) is 0 Å². The van der Waals surface area contributed by atoms with Crippen LogP contribution in [0.25, 0.3) is 10.9 Å². The maximum Gasteiger partial charge on any atom is 0.213 e. The first kappa shape index (κ1) is 14.1. The van der Waals surface area contributed by atoms with Crippen LogP contribution in [0.4, 0.5) is 11.4 Å². The van der Waals surface area contributed by atoms with Crippen LogP contribution >= 0.6 is 0 Å². The number of benzene rings is 1. The molecule has 0 atom stereocenters. The number of carbonyl (C=O) groups excluding carboxylic acids is 1. The lowest BCUT2D eigenvalue weighted by molar-refractivity contribution is -0.361. The van der Waals surface area contributed by atoms with Gasteiger partial charge in [0.1, 0.15) is 0 Å². The summed E-state index contributed by atoms with van der Waals surface area (Å²) < 4.78 is 0. The van der Waals surface area contributed by atoms with E-state index in [0.29, 0.717) is 5.69 Å². The lowest BCUT2D eigenvalue weighted by Gasteiger charge is -2.17. The van der Waals surface area contributed by atoms with Gasteiger partial charge in [-0.1, -0.05) is 0 Å². The molecule has 1 N–H and O–H groups in total. The van der Waals surface area contributed by atoms with E-state index in [0.717, 1.165) is 22.3 Å². The van der Waals surface area contributed by atoms with Crippen molar-refractivity contribution in [1.82, 2.24) is 0 Å². The molecule has 0 bridgehead atoms. The number of carboxylic acid groups (broad SMARTS) is 1. The fourth-order valence-electron chi connectivity index (χ4n) is 2.20. The number of carbonyl (C=O) groups is 1. The van der Waals surface area contributed by atoms with Crippen molar-refractivity contribution in [2.75, 3.05) is 38.0 Å². The van der Waals surface area contributed by atoms with Crippen LogP contribution < -0.4 is 19.9 Å². The normalized spacial score (nSPS) is 10.6. The highest BCUT2D eigenvalue weighted by atomic mass is 16.4. The number of rotatable bonds is 4. The third-order valence-electron chi connectivity index (χ3n) is 3.22. The van der Waals surface area contributed by atoms with Crippen LogP contribution in [0.15, 0.2) is 24.3 Å². The summed E-state index contributed by atoms with van der Waals surface area (Å²) in [6.07, 6.45) is -0.119. The van der Waals surface area contributed by atoms with Gasteiger partial charge >= 0.3 is 0 Å². The molecule has 0 amide bonds. The summed E-state index contributed by atoms with van der Waals surface area (Å²) in [5.74, 6) is -1.09. The lowest BCUT2D eigenvalue weighted by atomic mass is 10.1. The Morgan fingerprint density at radius 3 is 2.40 bits per heavy atom. The van der Waals surface area contributed by atoms with Gasteiger partial charge in [0.2, 0.25) is 5.52 Å². The molecule has 0 spiro atoms. The molecule has 0 radical (unpaired) electrons. The number of aromatic nitrogens is 1. The minimum atomic E-state index is -1.09. The number of nitrogens with zero attached hydrogens (tertiary/aromatic N) is 2. The van der Waals surface area contributed by atoms with Crippen LogP contribution in [0.3, 0.4) is 0 Å². The Bertz CT molecular complexity index is 651. The van der Waals surface area contributed by atoms with Gasteiger partial charge in [-0.15, -0.1) is 0 Å². The smallest absolute Gasteiger partial charge is 0.213 e. The van der Waals surface area contributed by atoms with E-state index in [1.54, 1.807) is 0 Å². The molecule has 0 aliphatic heterocycles. The number of pyridine rings is 1. The third-order valence-corrected chi connectivity index (χ3v) is 3.22. The summed E-state index contributed by atoms with van der Waals surface area (Å²) in [7, 11) is 7.87. The fourth-order valence-corrected chi connectivity index (χ4v) is 2.20. The van der Waals surface area contributed by atoms with E-state index in [9.17, 15) is 9.90 Å². The van der Waals surface area contributed by atoms with E-state index in [4.69, 9.17) is 0 Å². The average Bonchev–Trinajstić information content (AvgIpc) is 2.36. The molecule has 0 saturated carbocycles. The van der Waals surface area contributed by atoms with E-state index in [-0.39, 0.29) is 6.42 Å². The zero-order valence-electron chi connectivity index (χ0n) is 12.2. The van der Waals surface area contributed by atoms with E-state index in [2.05, 4.69) is 11.1 Å². The van der Waals surface area contributed by atoms with Gasteiger partial charge in [0.15, 0.2) is 5.69 Å². The molecule has 0 fully saturated rings. The van der Waals surface area contributed by atoms with Crippen LogP contribution in [0, 0.1) is 0 Å². The lowest BCUT2D eigenvalue weighted by Crippen LogP contribution is -2.28. The number of fused-ring (bicyclic) bond motifs is 1. The summed E-state index contributed by atoms with van der Waals surface area (Å²) >= 11 is 0. The predicted octanol–water partition coefficient (Wildman–Crippen LogP) is 0.0783. The van der Waals surface area contributed by atoms with Gasteiger partial charge < -0.3 is 19.7 Å². The molecule has 20 heavy (non-hydrogen) atoms. The maximum atomic E-state index is 10.8. The Kier molecular flexibility index (Phi) is 3.79. The van der Waals surface area contributed by atoms with E-state index >= 15 is 0 Å². The highest BCUT2D eigenvalue weighted by Crippen LogP contribution is 2.27. The number of anilines is 2. The molecule has 1 aromatic heterocycles. The van der Waals surface area contributed by atoms with Gasteiger partial charge in [-0.2, -0.15) is 0 Å². The number of hydrogen-bond acceptors (Lipinski definition) is 4. The topological polar surface area (TPSA) is 60.8 Å². The Morgan fingerprint density at radius 2 is 1.85 bits per heavy atom. The zero-order valence-corrected chi connectivity index (χ0v) is 12.2. The molecule has 0 aliphatic rings. The molecule has 2 aromatic rings. The molecular weight excluding hydrogens is 254 g/mol.